The van der Waals surface area contributed by atoms with E-state index in [0.717, 1.165) is 32.9 Å². The fraction of sp³-hybridized carbons (Fsp3) is 0.389. The van der Waals surface area contributed by atoms with Gasteiger partial charge in [0.2, 0.25) is 11.5 Å². The van der Waals surface area contributed by atoms with Crippen molar-refractivity contribution in [2.24, 2.45) is 12.2 Å². The Kier molecular flexibility index (Phi) is 12.3. The summed E-state index contributed by atoms with van der Waals surface area (Å²) in [5, 5.41) is 32.5. The first kappa shape index (κ1) is 33.5. The van der Waals surface area contributed by atoms with Crippen LogP contribution in [0.3, 0.4) is 0 Å². The number of anilines is 1. The van der Waals surface area contributed by atoms with Crippen molar-refractivity contribution in [2.45, 2.75) is 23.5 Å². The van der Waals surface area contributed by atoms with Crippen LogP contribution in [-0.4, -0.2) is 82.0 Å². The Hall–Kier alpha value is -1.71. The number of carbonyl (C=O) groups excluding carboxylic acids is 3. The molecule has 196 valence electrons. The van der Waals surface area contributed by atoms with E-state index in [1.54, 1.807) is 6.92 Å². The van der Waals surface area contributed by atoms with Crippen LogP contribution in [-0.2, 0) is 26.3 Å². The second-order valence-electron chi connectivity index (χ2n) is 7.33. The molecule has 0 bridgehead atoms. The Balaban J connectivity index is 0.00000267. The minimum absolute atomic E-state index is 0. The second kappa shape index (κ2) is 14.3. The molecule has 2 aliphatic heterocycles. The molecule has 3 N–H and O–H groups in total. The van der Waals surface area contributed by atoms with Crippen molar-refractivity contribution in [2.75, 3.05) is 23.8 Å². The van der Waals surface area contributed by atoms with Crippen molar-refractivity contribution in [3.05, 3.63) is 27.4 Å². The van der Waals surface area contributed by atoms with Gasteiger partial charge < -0.3 is 30.9 Å². The number of hydrogen-bond acceptors (Lipinski definition) is 16. The number of carboxylic acids is 1. The summed E-state index contributed by atoms with van der Waals surface area (Å²) in [7, 11) is 1.42. The number of carbonyl (C=O) groups is 3. The Morgan fingerprint density at radius 3 is 2.64 bits per heavy atom. The van der Waals surface area contributed by atoms with Crippen LogP contribution in [0.4, 0.5) is 5.13 Å². The summed E-state index contributed by atoms with van der Waals surface area (Å²) >= 11 is 3.05. The van der Waals surface area contributed by atoms with Gasteiger partial charge in [0, 0.05) is 30.1 Å². The van der Waals surface area contributed by atoms with Crippen molar-refractivity contribution < 1.29 is 88.5 Å². The zero-order valence-corrected chi connectivity index (χ0v) is 27.5. The van der Waals surface area contributed by atoms with Crippen molar-refractivity contribution in [1.82, 2.24) is 34.3 Å². The van der Waals surface area contributed by atoms with Gasteiger partial charge >= 0.3 is 59.1 Å². The maximum atomic E-state index is 12.9. The fourth-order valence-corrected chi connectivity index (χ4v) is 6.17. The van der Waals surface area contributed by atoms with Crippen LogP contribution in [0.15, 0.2) is 26.4 Å². The van der Waals surface area contributed by atoms with Crippen molar-refractivity contribution in [3.63, 3.8) is 0 Å². The van der Waals surface area contributed by atoms with Crippen molar-refractivity contribution in [1.29, 1.82) is 0 Å². The number of nitrogen functional groups attached to an aromatic ring is 1. The molecule has 1 fully saturated rings. The molecule has 1 saturated heterocycles. The molecule has 0 radical (unpaired) electrons. The van der Waals surface area contributed by atoms with Crippen LogP contribution in [0.5, 0.6) is 5.88 Å². The van der Waals surface area contributed by atoms with Gasteiger partial charge in [-0.15, -0.1) is 11.8 Å². The molecule has 0 spiro atoms. The van der Waals surface area contributed by atoms with Gasteiger partial charge in [-0.2, -0.15) is 19.4 Å². The van der Waals surface area contributed by atoms with Gasteiger partial charge in [0.15, 0.2) is 10.3 Å². The summed E-state index contributed by atoms with van der Waals surface area (Å²) < 4.78 is 5.05. The first-order chi connectivity index (χ1) is 17.6. The van der Waals surface area contributed by atoms with Gasteiger partial charge in [0.25, 0.3) is 17.4 Å². The number of aliphatic carboxylic acids is 1. The largest absolute Gasteiger partial charge is 1.00 e. The number of hydrogen-bond donors (Lipinski definition) is 2. The van der Waals surface area contributed by atoms with Crippen molar-refractivity contribution in [3.8, 4) is 5.88 Å². The van der Waals surface area contributed by atoms with E-state index in [4.69, 9.17) is 10.6 Å². The monoisotopic (exact) mass is 613 g/mol. The number of amides is 2. The standard InChI is InChI=1S/C18H19N9O7S3.2Na/c1-3-34-24-7(10-21-17(19)37-25-10)11(28)20-8-14(31)27-9(16(32)33)6(4-35-15(8)27)5-36-18-22-12(29)13(30)23-26(18)2;;/h8,15H,3-5H2,1-2H3,(H,20,28)(H,23,30)(H,32,33)(H2,19,21,25);;/q;2*+1/p-2/b24-7-;;/t8?,15-;;/m1../s1. The third-order valence-electron chi connectivity index (χ3n) is 4.95. The van der Waals surface area contributed by atoms with E-state index in [-0.39, 0.29) is 105 Å². The number of nitrogens with one attached hydrogen (secondary N) is 1. The van der Waals surface area contributed by atoms with Gasteiger partial charge in [0.05, 0.1) is 17.5 Å². The third-order valence-corrected chi connectivity index (χ3v) is 7.94. The second-order valence-corrected chi connectivity index (χ2v) is 10.2. The molecule has 2 aromatic rings. The predicted molar refractivity (Wildman–Crippen MR) is 127 cm³/mol. The summed E-state index contributed by atoms with van der Waals surface area (Å²) in [5.74, 6) is -3.92. The average Bonchev–Trinajstić information content (AvgIpc) is 3.29. The third kappa shape index (κ3) is 7.14. The van der Waals surface area contributed by atoms with Crippen LogP contribution in [0.2, 0.25) is 0 Å². The molecule has 2 aromatic heterocycles. The zero-order chi connectivity index (χ0) is 26.9. The molecule has 4 rings (SSSR count). The smallest absolute Gasteiger partial charge is 0.854 e. The van der Waals surface area contributed by atoms with Crippen LogP contribution in [0.25, 0.3) is 0 Å². The van der Waals surface area contributed by atoms with E-state index in [1.807, 2.05) is 0 Å². The van der Waals surface area contributed by atoms with Crippen LogP contribution in [0, 0.1) is 0 Å². The maximum absolute atomic E-state index is 12.9. The normalized spacial score (nSPS) is 18.4. The first-order valence-corrected chi connectivity index (χ1v) is 13.2. The summed E-state index contributed by atoms with van der Waals surface area (Å²) in [6.45, 7) is 1.81. The zero-order valence-electron chi connectivity index (χ0n) is 21.1. The molecule has 2 amide bonds. The van der Waals surface area contributed by atoms with Gasteiger partial charge in [-0.3, -0.25) is 19.3 Å². The summed E-state index contributed by atoms with van der Waals surface area (Å²) in [5.41, 5.74) is 4.27. The Bertz CT molecular complexity index is 1400. The minimum atomic E-state index is -1.57. The number of aromatic nitrogens is 5. The first-order valence-electron chi connectivity index (χ1n) is 10.4. The number of thioether (sulfide) groups is 2. The minimum Gasteiger partial charge on any atom is -0.854 e. The number of nitrogens with two attached hydrogens (primary N) is 1. The molecule has 39 heavy (non-hydrogen) atoms. The molecule has 16 nitrogen and oxygen atoms in total. The molecule has 0 aromatic carbocycles. The number of β-lactam (4-membered cyclic amide) rings is 1. The van der Waals surface area contributed by atoms with E-state index in [9.17, 15) is 29.4 Å². The molecule has 21 heteroatoms. The van der Waals surface area contributed by atoms with E-state index in [0.29, 0.717) is 5.57 Å². The molecule has 4 heterocycles. The number of carboxylic acid groups (broad SMARTS) is 1. The fourth-order valence-electron chi connectivity index (χ4n) is 3.34. The average molecular weight is 614 g/mol. The summed E-state index contributed by atoms with van der Waals surface area (Å²) in [4.78, 5) is 62.8. The molecule has 0 saturated carbocycles. The molecule has 0 aliphatic carbocycles. The number of oxime groups is 1. The number of fused-ring (bicyclic) bond motifs is 1. The predicted octanol–water partition coefficient (Wildman–Crippen LogP) is -9.37. The van der Waals surface area contributed by atoms with Gasteiger partial charge in [0.1, 0.15) is 18.0 Å². The van der Waals surface area contributed by atoms with E-state index < -0.39 is 40.6 Å². The summed E-state index contributed by atoms with van der Waals surface area (Å²) in [6, 6.07) is -1.06. The van der Waals surface area contributed by atoms with Crippen LogP contribution in [0.1, 0.15) is 12.7 Å². The summed E-state index contributed by atoms with van der Waals surface area (Å²) in [6.07, 6.45) is 0. The Labute approximate surface area is 277 Å². The molecular formula is C18H17N9Na2O7S3. The molecular weight excluding hydrogens is 596 g/mol. The molecule has 1 unspecified atom stereocenters. The van der Waals surface area contributed by atoms with Gasteiger partial charge in [-0.05, 0) is 12.5 Å². The quantitative estimate of drug-likeness (QED) is 0.0879. The van der Waals surface area contributed by atoms with E-state index in [1.165, 1.54) is 18.8 Å². The Morgan fingerprint density at radius 1 is 1.31 bits per heavy atom. The topological polar surface area (TPSA) is 234 Å². The maximum Gasteiger partial charge on any atom is 1.00 e. The Morgan fingerprint density at radius 2 is 2.03 bits per heavy atom. The van der Waals surface area contributed by atoms with Gasteiger partial charge in [-0.25, -0.2) is 4.68 Å². The molecule has 2 atom stereocenters. The van der Waals surface area contributed by atoms with Gasteiger partial charge in [-0.1, -0.05) is 16.9 Å². The number of nitrogens with zero attached hydrogens (tertiary/aromatic N) is 7. The van der Waals surface area contributed by atoms with Crippen LogP contribution < -0.4 is 85.9 Å². The number of aryl methyl sites for hydroxylation is 1. The van der Waals surface area contributed by atoms with E-state index in [2.05, 4.69) is 29.9 Å². The van der Waals surface area contributed by atoms with E-state index >= 15 is 0 Å². The molecule has 2 aliphatic rings. The SMILES string of the molecule is CCO/N=C(\C(=O)NC1C(=O)N2C(C(=O)[O-])=C(CSc3nc(=O)c([O-])nn3C)CS[C@H]12)c1nsc(N)n1.[Na+].[Na+]. The van der Waals surface area contributed by atoms with Crippen molar-refractivity contribution >= 4 is 63.7 Å². The van der Waals surface area contributed by atoms with Crippen LogP contribution >= 0.6 is 35.1 Å². The number of rotatable bonds is 9.